The molecule has 4 saturated carbocycles. The number of carbonyl (C=O) groups is 1. The molecule has 5 fully saturated rings. The number of carbonyl (C=O) groups excluding carboxylic acids is 1. The Bertz CT molecular complexity index is 715. The zero-order valence-electron chi connectivity index (χ0n) is 14.8. The van der Waals surface area contributed by atoms with Gasteiger partial charge in [-0.05, 0) is 87.3 Å². The van der Waals surface area contributed by atoms with Crippen molar-refractivity contribution in [2.45, 2.75) is 58.0 Å². The predicted octanol–water partition coefficient (Wildman–Crippen LogP) is 5.73. The van der Waals surface area contributed by atoms with Gasteiger partial charge in [0.05, 0.1) is 21.5 Å². The van der Waals surface area contributed by atoms with Crippen molar-refractivity contribution in [1.82, 2.24) is 4.90 Å². The summed E-state index contributed by atoms with van der Waals surface area (Å²) in [6.07, 6.45) is 6.76. The smallest absolute Gasteiger partial charge is 0.231 e. The second kappa shape index (κ2) is 5.39. The molecule has 1 atom stereocenters. The van der Waals surface area contributed by atoms with Crippen molar-refractivity contribution < 1.29 is 4.79 Å². The summed E-state index contributed by atoms with van der Waals surface area (Å²) in [5, 5.41) is 1.16. The van der Waals surface area contributed by atoms with Gasteiger partial charge in [0, 0.05) is 6.04 Å². The van der Waals surface area contributed by atoms with Crippen molar-refractivity contribution in [2.75, 3.05) is 0 Å². The molecule has 5 aliphatic rings. The number of benzene rings is 1. The number of halogens is 2. The second-order valence-corrected chi connectivity index (χ2v) is 10.2. The molecule has 0 radical (unpaired) electrons. The lowest BCUT2D eigenvalue weighted by atomic mass is 9.52. The Morgan fingerprint density at radius 1 is 0.960 bits per heavy atom. The highest BCUT2D eigenvalue weighted by Gasteiger charge is 2.61. The third-order valence-corrected chi connectivity index (χ3v) is 8.24. The van der Waals surface area contributed by atoms with Crippen LogP contribution in [0.2, 0.25) is 10.0 Å². The van der Waals surface area contributed by atoms with E-state index in [1.165, 1.54) is 32.1 Å². The van der Waals surface area contributed by atoms with Gasteiger partial charge in [0.1, 0.15) is 0 Å². The van der Waals surface area contributed by atoms with Gasteiger partial charge in [-0.2, -0.15) is 0 Å². The molecule has 1 aliphatic heterocycles. The molecule has 6 rings (SSSR count). The van der Waals surface area contributed by atoms with E-state index >= 15 is 0 Å². The fourth-order valence-electron chi connectivity index (χ4n) is 6.77. The fourth-order valence-corrected chi connectivity index (χ4v) is 7.07. The van der Waals surface area contributed by atoms with Crippen LogP contribution in [-0.4, -0.2) is 16.8 Å². The van der Waals surface area contributed by atoms with Gasteiger partial charge in [-0.15, -0.1) is 0 Å². The van der Waals surface area contributed by atoms with Crippen LogP contribution in [0.1, 0.15) is 57.6 Å². The Labute approximate surface area is 159 Å². The summed E-state index contributed by atoms with van der Waals surface area (Å²) in [5.41, 5.74) is 0.777. The third kappa shape index (κ3) is 2.26. The first-order chi connectivity index (χ1) is 11.9. The molecule has 4 bridgehead atoms. The van der Waals surface area contributed by atoms with E-state index in [1.54, 1.807) is 0 Å². The van der Waals surface area contributed by atoms with E-state index in [1.807, 2.05) is 12.1 Å². The minimum Gasteiger partial charge on any atom is -0.331 e. The van der Waals surface area contributed by atoms with Crippen LogP contribution in [0.5, 0.6) is 0 Å². The number of β-lactam (4-membered cyclic amide) rings is 1. The molecule has 1 aromatic carbocycles. The number of hydrogen-bond donors (Lipinski definition) is 0. The molecule has 1 saturated heterocycles. The SMILES string of the molecule is CC1(C)C(=O)N(C2C3CC4CC(C3)CC2C4)C1c1ccc(Cl)c(Cl)c1. The topological polar surface area (TPSA) is 20.3 Å². The largest absolute Gasteiger partial charge is 0.331 e. The summed E-state index contributed by atoms with van der Waals surface area (Å²) in [6.45, 7) is 4.16. The molecular weight excluding hydrogens is 353 g/mol. The first-order valence-electron chi connectivity index (χ1n) is 9.64. The van der Waals surface area contributed by atoms with Crippen LogP contribution < -0.4 is 0 Å². The normalized spacial score (nSPS) is 41.1. The fraction of sp³-hybridized carbons (Fsp3) is 0.667. The van der Waals surface area contributed by atoms with Crippen LogP contribution >= 0.6 is 23.2 Å². The van der Waals surface area contributed by atoms with Gasteiger partial charge in [-0.25, -0.2) is 0 Å². The number of likely N-dealkylation sites (tertiary alicyclic amines) is 1. The zero-order valence-corrected chi connectivity index (χ0v) is 16.4. The van der Waals surface area contributed by atoms with E-state index in [4.69, 9.17) is 23.2 Å². The Morgan fingerprint density at radius 2 is 1.56 bits per heavy atom. The van der Waals surface area contributed by atoms with E-state index in [2.05, 4.69) is 24.8 Å². The summed E-state index contributed by atoms with van der Waals surface area (Å²) in [7, 11) is 0. The molecule has 0 spiro atoms. The monoisotopic (exact) mass is 377 g/mol. The lowest BCUT2D eigenvalue weighted by Crippen LogP contribution is -2.69. The van der Waals surface area contributed by atoms with E-state index in [9.17, 15) is 4.79 Å². The molecular formula is C21H25Cl2NO. The Balaban J connectivity index is 1.51. The quantitative estimate of drug-likeness (QED) is 0.602. The molecule has 4 heteroatoms. The van der Waals surface area contributed by atoms with Gasteiger partial charge in [0.15, 0.2) is 0 Å². The van der Waals surface area contributed by atoms with Crippen molar-refractivity contribution in [1.29, 1.82) is 0 Å². The van der Waals surface area contributed by atoms with Gasteiger partial charge in [-0.1, -0.05) is 29.3 Å². The first-order valence-corrected chi connectivity index (χ1v) is 10.4. The summed E-state index contributed by atoms with van der Waals surface area (Å²) in [6, 6.07) is 6.44. The number of amides is 1. The van der Waals surface area contributed by atoms with Gasteiger partial charge in [0.2, 0.25) is 5.91 Å². The van der Waals surface area contributed by atoms with Crippen molar-refractivity contribution >= 4 is 29.1 Å². The van der Waals surface area contributed by atoms with Gasteiger partial charge >= 0.3 is 0 Å². The second-order valence-electron chi connectivity index (χ2n) is 9.43. The first kappa shape index (κ1) is 16.4. The maximum atomic E-state index is 13.1. The molecule has 2 nitrogen and oxygen atoms in total. The zero-order chi connectivity index (χ0) is 17.5. The summed E-state index contributed by atoms with van der Waals surface area (Å²) >= 11 is 12.4. The standard InChI is InChI=1S/C21H25Cl2NO/c1-21(2)19(13-3-4-16(22)17(23)10-13)24(20(21)25)18-14-6-11-5-12(8-14)9-15(18)7-11/h3-4,10-12,14-15,18-19H,5-9H2,1-2H3. The molecule has 0 aromatic heterocycles. The highest BCUT2D eigenvalue weighted by atomic mass is 35.5. The Hall–Kier alpha value is -0.730. The van der Waals surface area contributed by atoms with Crippen LogP contribution in [0, 0.1) is 29.1 Å². The lowest BCUT2D eigenvalue weighted by molar-refractivity contribution is -0.191. The van der Waals surface area contributed by atoms with Crippen molar-refractivity contribution in [3.05, 3.63) is 33.8 Å². The Kier molecular flexibility index (Phi) is 3.55. The highest BCUT2D eigenvalue weighted by Crippen LogP contribution is 2.60. The van der Waals surface area contributed by atoms with E-state index < -0.39 is 0 Å². The minimum absolute atomic E-state index is 0.122. The molecule has 25 heavy (non-hydrogen) atoms. The van der Waals surface area contributed by atoms with E-state index in [0.29, 0.717) is 33.8 Å². The van der Waals surface area contributed by atoms with Crippen molar-refractivity contribution in [3.63, 3.8) is 0 Å². The highest BCUT2D eigenvalue weighted by molar-refractivity contribution is 6.42. The van der Waals surface area contributed by atoms with E-state index in [-0.39, 0.29) is 11.5 Å². The maximum Gasteiger partial charge on any atom is 0.231 e. The van der Waals surface area contributed by atoms with Gasteiger partial charge in [0.25, 0.3) is 0 Å². The maximum absolute atomic E-state index is 13.1. The Morgan fingerprint density at radius 3 is 2.12 bits per heavy atom. The number of nitrogens with zero attached hydrogens (tertiary/aromatic N) is 1. The minimum atomic E-state index is -0.355. The molecule has 1 amide bonds. The molecule has 1 heterocycles. The summed E-state index contributed by atoms with van der Waals surface area (Å²) < 4.78 is 0. The number of hydrogen-bond acceptors (Lipinski definition) is 1. The predicted molar refractivity (Wildman–Crippen MR) is 101 cm³/mol. The number of rotatable bonds is 2. The van der Waals surface area contributed by atoms with E-state index in [0.717, 1.165) is 17.4 Å². The molecule has 1 aromatic rings. The third-order valence-electron chi connectivity index (χ3n) is 7.51. The average molecular weight is 378 g/mol. The van der Waals surface area contributed by atoms with Gasteiger partial charge < -0.3 is 4.90 Å². The molecule has 1 unspecified atom stereocenters. The van der Waals surface area contributed by atoms with Crippen molar-refractivity contribution in [2.24, 2.45) is 29.1 Å². The summed E-state index contributed by atoms with van der Waals surface area (Å²) in [4.78, 5) is 15.4. The van der Waals surface area contributed by atoms with Crippen LogP contribution in [0.15, 0.2) is 18.2 Å². The molecule has 4 aliphatic carbocycles. The van der Waals surface area contributed by atoms with Crippen LogP contribution in [0.4, 0.5) is 0 Å². The van der Waals surface area contributed by atoms with Crippen LogP contribution in [0.25, 0.3) is 0 Å². The summed E-state index contributed by atoms with van der Waals surface area (Å²) in [5.74, 6) is 3.59. The average Bonchev–Trinajstić information content (AvgIpc) is 2.55. The van der Waals surface area contributed by atoms with Gasteiger partial charge in [-0.3, -0.25) is 4.79 Å². The lowest BCUT2D eigenvalue weighted by Gasteiger charge is -2.64. The van der Waals surface area contributed by atoms with Crippen molar-refractivity contribution in [3.8, 4) is 0 Å². The molecule has 134 valence electrons. The molecule has 0 N–H and O–H groups in total. The van der Waals surface area contributed by atoms with Crippen LogP contribution in [-0.2, 0) is 4.79 Å². The van der Waals surface area contributed by atoms with Crippen LogP contribution in [0.3, 0.4) is 0 Å².